The van der Waals surface area contributed by atoms with Gasteiger partial charge in [-0.15, -0.1) is 0 Å². The Morgan fingerprint density at radius 2 is 1.69 bits per heavy atom. The molecule has 36 heavy (non-hydrogen) atoms. The van der Waals surface area contributed by atoms with E-state index >= 15 is 0 Å². The van der Waals surface area contributed by atoms with Gasteiger partial charge in [0.1, 0.15) is 18.1 Å². The number of nitro benzene ring substituents is 1. The predicted octanol–water partition coefficient (Wildman–Crippen LogP) is 5.92. The maximum Gasteiger partial charge on any atom is 0.269 e. The molecule has 3 aliphatic rings. The number of benzene rings is 2. The van der Waals surface area contributed by atoms with Crippen LogP contribution in [0.5, 0.6) is 11.5 Å². The van der Waals surface area contributed by atoms with Crippen molar-refractivity contribution in [2.45, 2.75) is 51.0 Å². The number of hydrogen-bond acceptors (Lipinski definition) is 7. The minimum atomic E-state index is -0.488. The van der Waals surface area contributed by atoms with Crippen LogP contribution in [0.25, 0.3) is 0 Å². The van der Waals surface area contributed by atoms with E-state index in [0.29, 0.717) is 65.4 Å². The number of methoxy groups -OCH3 is 1. The molecular formula is C27H24INO7. The largest absolute Gasteiger partial charge is 0.493 e. The van der Waals surface area contributed by atoms with Crippen molar-refractivity contribution in [2.24, 2.45) is 0 Å². The van der Waals surface area contributed by atoms with E-state index in [-0.39, 0.29) is 23.9 Å². The van der Waals surface area contributed by atoms with Gasteiger partial charge in [-0.1, -0.05) is 12.1 Å². The minimum Gasteiger partial charge on any atom is -0.493 e. The van der Waals surface area contributed by atoms with E-state index in [4.69, 9.17) is 14.2 Å². The first-order chi connectivity index (χ1) is 17.4. The number of nitro groups is 1. The van der Waals surface area contributed by atoms with Crippen LogP contribution >= 0.6 is 22.6 Å². The van der Waals surface area contributed by atoms with E-state index in [1.165, 1.54) is 19.2 Å². The Morgan fingerprint density at radius 1 is 1.03 bits per heavy atom. The molecule has 0 saturated heterocycles. The second-order valence-corrected chi connectivity index (χ2v) is 10.2. The van der Waals surface area contributed by atoms with Crippen molar-refractivity contribution in [1.29, 1.82) is 0 Å². The van der Waals surface area contributed by atoms with Gasteiger partial charge in [-0.3, -0.25) is 19.7 Å². The molecule has 8 nitrogen and oxygen atoms in total. The summed E-state index contributed by atoms with van der Waals surface area (Å²) in [6.07, 6.45) is 3.73. The molecule has 0 unspecified atom stereocenters. The van der Waals surface area contributed by atoms with Crippen LogP contribution in [0.15, 0.2) is 59.1 Å². The Balaban J connectivity index is 1.53. The molecule has 186 valence electrons. The van der Waals surface area contributed by atoms with Crippen LogP contribution < -0.4 is 9.47 Å². The summed E-state index contributed by atoms with van der Waals surface area (Å²) in [6, 6.07) is 10.0. The number of allylic oxidation sites excluding steroid dienone is 4. The number of carbonyl (C=O) groups excluding carboxylic acids is 2. The molecule has 0 spiro atoms. The summed E-state index contributed by atoms with van der Waals surface area (Å²) in [5, 5.41) is 11.1. The zero-order valence-electron chi connectivity index (χ0n) is 19.7. The van der Waals surface area contributed by atoms with Crippen LogP contribution in [0, 0.1) is 13.7 Å². The van der Waals surface area contributed by atoms with Crippen molar-refractivity contribution < 1.29 is 28.7 Å². The Labute approximate surface area is 221 Å². The van der Waals surface area contributed by atoms with Gasteiger partial charge in [0.2, 0.25) is 0 Å². The third kappa shape index (κ3) is 4.52. The van der Waals surface area contributed by atoms with E-state index in [9.17, 15) is 19.7 Å². The van der Waals surface area contributed by atoms with Gasteiger partial charge in [0.15, 0.2) is 23.1 Å². The van der Waals surface area contributed by atoms with E-state index in [1.807, 2.05) is 12.1 Å². The second-order valence-electron chi connectivity index (χ2n) is 9.01. The van der Waals surface area contributed by atoms with E-state index in [1.54, 1.807) is 12.1 Å². The first kappa shape index (κ1) is 24.5. The molecule has 9 heteroatoms. The number of nitrogens with zero attached hydrogens (tertiary/aromatic N) is 1. The SMILES string of the molecule is COc1cc(C2C3=C(CCCC3=O)OC3=C2C(=O)CCC3)cc(I)c1OCc1cccc([N+](=O)[O-])c1. The van der Waals surface area contributed by atoms with E-state index in [2.05, 4.69) is 22.6 Å². The quantitative estimate of drug-likeness (QED) is 0.230. The summed E-state index contributed by atoms with van der Waals surface area (Å²) in [5.41, 5.74) is 2.60. The predicted molar refractivity (Wildman–Crippen MR) is 139 cm³/mol. The molecule has 0 radical (unpaired) electrons. The summed E-state index contributed by atoms with van der Waals surface area (Å²) in [5.74, 6) is 1.88. The molecule has 0 atom stereocenters. The fourth-order valence-corrected chi connectivity index (χ4v) is 5.89. The molecule has 0 bridgehead atoms. The van der Waals surface area contributed by atoms with Gasteiger partial charge in [0.25, 0.3) is 5.69 Å². The van der Waals surface area contributed by atoms with Gasteiger partial charge in [-0.05, 0) is 58.7 Å². The summed E-state index contributed by atoms with van der Waals surface area (Å²) in [7, 11) is 1.53. The number of carbonyl (C=O) groups is 2. The molecule has 2 aliphatic carbocycles. The van der Waals surface area contributed by atoms with Crippen LogP contribution in [0.3, 0.4) is 0 Å². The van der Waals surface area contributed by atoms with E-state index < -0.39 is 10.8 Å². The van der Waals surface area contributed by atoms with Crippen molar-refractivity contribution in [2.75, 3.05) is 7.11 Å². The summed E-state index contributed by atoms with van der Waals surface area (Å²) < 4.78 is 18.6. The molecule has 0 N–H and O–H groups in total. The molecule has 0 fully saturated rings. The van der Waals surface area contributed by atoms with Crippen LogP contribution in [0.1, 0.15) is 55.6 Å². The summed E-state index contributed by atoms with van der Waals surface area (Å²) in [4.78, 5) is 36.8. The summed E-state index contributed by atoms with van der Waals surface area (Å²) >= 11 is 2.15. The molecule has 0 amide bonds. The smallest absolute Gasteiger partial charge is 0.269 e. The lowest BCUT2D eigenvalue weighted by Crippen LogP contribution is -2.30. The first-order valence-electron chi connectivity index (χ1n) is 11.8. The average molecular weight is 601 g/mol. The normalized spacial score (nSPS) is 17.9. The van der Waals surface area contributed by atoms with Crippen molar-refractivity contribution in [3.8, 4) is 11.5 Å². The van der Waals surface area contributed by atoms with Gasteiger partial charge >= 0.3 is 0 Å². The van der Waals surface area contributed by atoms with Crippen molar-refractivity contribution in [3.63, 3.8) is 0 Å². The lowest BCUT2D eigenvalue weighted by molar-refractivity contribution is -0.384. The van der Waals surface area contributed by atoms with Gasteiger partial charge in [-0.2, -0.15) is 0 Å². The average Bonchev–Trinajstić information content (AvgIpc) is 2.87. The Kier molecular flexibility index (Phi) is 6.83. The van der Waals surface area contributed by atoms with Crippen molar-refractivity contribution in [1.82, 2.24) is 0 Å². The maximum absolute atomic E-state index is 13.1. The molecule has 1 heterocycles. The molecule has 2 aromatic rings. The Bertz CT molecular complexity index is 1300. The highest BCUT2D eigenvalue weighted by Crippen LogP contribution is 2.49. The molecule has 0 aromatic heterocycles. The van der Waals surface area contributed by atoms with E-state index in [0.717, 1.165) is 22.0 Å². The minimum absolute atomic E-state index is 0.00455. The molecule has 0 saturated carbocycles. The first-order valence-corrected chi connectivity index (χ1v) is 12.9. The van der Waals surface area contributed by atoms with Crippen molar-refractivity contribution in [3.05, 3.63) is 83.9 Å². The molecule has 5 rings (SSSR count). The Morgan fingerprint density at radius 3 is 2.31 bits per heavy atom. The van der Waals surface area contributed by atoms with Crippen LogP contribution in [-0.2, 0) is 20.9 Å². The van der Waals surface area contributed by atoms with Gasteiger partial charge in [0, 0.05) is 54.9 Å². The highest BCUT2D eigenvalue weighted by Gasteiger charge is 2.42. The number of Topliss-reactive ketones (excluding diaryl/α,β-unsaturated/α-hetero) is 2. The number of halogens is 1. The standard InChI is InChI=1S/C27H24INO7/c1-34-23-13-16(12-18(28)27(23)35-14-15-5-2-6-17(11-15)29(32)33)24-25-19(30)7-3-9-21(25)36-22-10-4-8-20(31)26(22)24/h2,5-6,11-13,24H,3-4,7-10,14H2,1H3. The fraction of sp³-hybridized carbons (Fsp3) is 0.333. The fourth-order valence-electron chi connectivity index (χ4n) is 5.11. The van der Waals surface area contributed by atoms with Gasteiger partial charge in [0.05, 0.1) is 15.6 Å². The number of rotatable bonds is 6. The van der Waals surface area contributed by atoms with Crippen LogP contribution in [-0.4, -0.2) is 23.6 Å². The number of non-ortho nitro benzene ring substituents is 1. The zero-order valence-corrected chi connectivity index (χ0v) is 21.8. The Hall–Kier alpha value is -3.21. The van der Waals surface area contributed by atoms with Gasteiger partial charge < -0.3 is 14.2 Å². The highest BCUT2D eigenvalue weighted by atomic mass is 127. The third-order valence-electron chi connectivity index (χ3n) is 6.73. The molecule has 1 aliphatic heterocycles. The highest BCUT2D eigenvalue weighted by molar-refractivity contribution is 14.1. The number of ketones is 2. The third-order valence-corrected chi connectivity index (χ3v) is 7.53. The number of hydrogen-bond donors (Lipinski definition) is 0. The maximum atomic E-state index is 13.1. The van der Waals surface area contributed by atoms with Crippen LogP contribution in [0.2, 0.25) is 0 Å². The van der Waals surface area contributed by atoms with Crippen LogP contribution in [0.4, 0.5) is 5.69 Å². The lowest BCUT2D eigenvalue weighted by Gasteiger charge is -2.36. The number of ether oxygens (including phenoxy) is 3. The summed E-state index contributed by atoms with van der Waals surface area (Å²) in [6.45, 7) is 0.117. The molecule has 2 aromatic carbocycles. The topological polar surface area (TPSA) is 105 Å². The van der Waals surface area contributed by atoms with Gasteiger partial charge in [-0.25, -0.2) is 0 Å². The monoisotopic (exact) mass is 601 g/mol. The molecular weight excluding hydrogens is 577 g/mol. The second kappa shape index (κ2) is 10.0. The zero-order chi connectivity index (χ0) is 25.4. The van der Waals surface area contributed by atoms with Crippen molar-refractivity contribution >= 4 is 39.8 Å². The lowest BCUT2D eigenvalue weighted by atomic mass is 9.73.